The normalized spacial score (nSPS) is 15.4. The average molecular weight is 409 g/mol. The molecule has 0 saturated carbocycles. The molecule has 0 unspecified atom stereocenters. The van der Waals surface area contributed by atoms with Crippen LogP contribution in [-0.2, 0) is 24.8 Å². The molecule has 27 heavy (non-hydrogen) atoms. The predicted octanol–water partition coefficient (Wildman–Crippen LogP) is 3.62. The van der Waals surface area contributed by atoms with Gasteiger partial charge in [-0.05, 0) is 37.5 Å². The number of rotatable bonds is 5. The molecule has 2 aromatic rings. The fraction of sp³-hybridized carbons (Fsp3) is 0.500. The smallest absolute Gasteiger partial charge is 0.222 e. The molecular weight excluding hydrogens is 383 g/mol. The highest BCUT2D eigenvalue weighted by atomic mass is 35.5. The fourth-order valence-corrected chi connectivity index (χ4v) is 4.02. The van der Waals surface area contributed by atoms with E-state index in [0.717, 1.165) is 56.1 Å². The number of carbonyl (C=O) groups excluding carboxylic acids is 1. The van der Waals surface area contributed by atoms with E-state index in [1.165, 1.54) is 5.56 Å². The zero-order valence-corrected chi connectivity index (χ0v) is 17.6. The lowest BCUT2D eigenvalue weighted by atomic mass is 10.1. The second-order valence-electron chi connectivity index (χ2n) is 7.14. The zero-order valence-electron chi connectivity index (χ0n) is 16.1. The van der Waals surface area contributed by atoms with Gasteiger partial charge in [0.1, 0.15) is 0 Å². The summed E-state index contributed by atoms with van der Waals surface area (Å²) >= 11 is 12.4. The van der Waals surface area contributed by atoms with Crippen molar-refractivity contribution in [2.75, 3.05) is 26.2 Å². The third-order valence-electron chi connectivity index (χ3n) is 5.40. The van der Waals surface area contributed by atoms with Gasteiger partial charge < -0.3 is 4.90 Å². The van der Waals surface area contributed by atoms with Crippen LogP contribution in [0.1, 0.15) is 28.9 Å². The van der Waals surface area contributed by atoms with Crippen LogP contribution in [0.5, 0.6) is 0 Å². The Kier molecular flexibility index (Phi) is 6.45. The molecule has 0 atom stereocenters. The van der Waals surface area contributed by atoms with Gasteiger partial charge in [0.2, 0.25) is 5.91 Å². The van der Waals surface area contributed by atoms with E-state index >= 15 is 0 Å². The Morgan fingerprint density at radius 1 is 1.15 bits per heavy atom. The Labute approximate surface area is 170 Å². The molecule has 0 bridgehead atoms. The molecule has 7 heteroatoms. The molecule has 1 aromatic heterocycles. The molecule has 1 saturated heterocycles. The van der Waals surface area contributed by atoms with E-state index < -0.39 is 0 Å². The Morgan fingerprint density at radius 2 is 1.85 bits per heavy atom. The number of piperazine rings is 1. The number of carbonyl (C=O) groups is 1. The maximum atomic E-state index is 12.6. The van der Waals surface area contributed by atoms with E-state index in [9.17, 15) is 4.79 Å². The number of aryl methyl sites for hydroxylation is 2. The van der Waals surface area contributed by atoms with Crippen molar-refractivity contribution in [1.82, 2.24) is 19.6 Å². The largest absolute Gasteiger partial charge is 0.340 e. The van der Waals surface area contributed by atoms with Crippen molar-refractivity contribution >= 4 is 29.1 Å². The predicted molar refractivity (Wildman–Crippen MR) is 109 cm³/mol. The highest BCUT2D eigenvalue weighted by Gasteiger charge is 2.22. The second kappa shape index (κ2) is 8.63. The molecule has 146 valence electrons. The third kappa shape index (κ3) is 4.65. The van der Waals surface area contributed by atoms with E-state index in [-0.39, 0.29) is 5.91 Å². The first-order valence-electron chi connectivity index (χ1n) is 9.29. The molecule has 1 aliphatic rings. The molecule has 0 N–H and O–H groups in total. The molecule has 1 aromatic carbocycles. The van der Waals surface area contributed by atoms with Gasteiger partial charge in [-0.1, -0.05) is 35.3 Å². The van der Waals surface area contributed by atoms with Crippen molar-refractivity contribution in [2.24, 2.45) is 7.05 Å². The first kappa shape index (κ1) is 20.2. The topological polar surface area (TPSA) is 41.4 Å². The second-order valence-corrected chi connectivity index (χ2v) is 7.93. The number of aromatic nitrogens is 2. The number of hydrogen-bond acceptors (Lipinski definition) is 3. The molecule has 0 radical (unpaired) electrons. The summed E-state index contributed by atoms with van der Waals surface area (Å²) in [4.78, 5) is 16.9. The SMILES string of the molecule is Cc1nn(C)c(C)c1CCC(=O)N1CCN(Cc2cccc(Cl)c2Cl)CC1. The third-order valence-corrected chi connectivity index (χ3v) is 6.26. The fourth-order valence-electron chi connectivity index (χ4n) is 3.64. The van der Waals surface area contributed by atoms with Crippen LogP contribution in [0.15, 0.2) is 18.2 Å². The zero-order chi connectivity index (χ0) is 19.6. The maximum Gasteiger partial charge on any atom is 0.222 e. The minimum absolute atomic E-state index is 0.220. The highest BCUT2D eigenvalue weighted by Crippen LogP contribution is 2.26. The molecule has 0 aliphatic carbocycles. The Bertz CT molecular complexity index is 826. The van der Waals surface area contributed by atoms with Crippen molar-refractivity contribution in [2.45, 2.75) is 33.2 Å². The maximum absolute atomic E-state index is 12.6. The van der Waals surface area contributed by atoms with Crippen LogP contribution in [0.25, 0.3) is 0 Å². The summed E-state index contributed by atoms with van der Waals surface area (Å²) in [7, 11) is 1.94. The monoisotopic (exact) mass is 408 g/mol. The van der Waals surface area contributed by atoms with Crippen LogP contribution in [0.3, 0.4) is 0 Å². The van der Waals surface area contributed by atoms with Gasteiger partial charge in [0.05, 0.1) is 15.7 Å². The van der Waals surface area contributed by atoms with Gasteiger partial charge in [-0.3, -0.25) is 14.4 Å². The van der Waals surface area contributed by atoms with Crippen molar-refractivity contribution in [3.63, 3.8) is 0 Å². The van der Waals surface area contributed by atoms with E-state index in [2.05, 4.69) is 16.9 Å². The summed E-state index contributed by atoms with van der Waals surface area (Å²) < 4.78 is 1.88. The van der Waals surface area contributed by atoms with Crippen molar-refractivity contribution in [3.05, 3.63) is 50.8 Å². The quantitative estimate of drug-likeness (QED) is 0.758. The minimum Gasteiger partial charge on any atom is -0.340 e. The lowest BCUT2D eigenvalue weighted by molar-refractivity contribution is -0.133. The van der Waals surface area contributed by atoms with Gasteiger partial charge in [-0.2, -0.15) is 5.10 Å². The van der Waals surface area contributed by atoms with Crippen molar-refractivity contribution in [1.29, 1.82) is 0 Å². The summed E-state index contributed by atoms with van der Waals surface area (Å²) in [6.45, 7) is 8.02. The number of nitrogens with zero attached hydrogens (tertiary/aromatic N) is 4. The van der Waals surface area contributed by atoms with Gasteiger partial charge in [0.25, 0.3) is 0 Å². The molecule has 1 amide bonds. The van der Waals surface area contributed by atoms with Crippen LogP contribution in [-0.4, -0.2) is 51.7 Å². The van der Waals surface area contributed by atoms with Gasteiger partial charge in [-0.15, -0.1) is 0 Å². The summed E-state index contributed by atoms with van der Waals surface area (Å²) in [5.74, 6) is 0.220. The van der Waals surface area contributed by atoms with Gasteiger partial charge in [0.15, 0.2) is 0 Å². The number of halogens is 2. The Morgan fingerprint density at radius 3 is 2.48 bits per heavy atom. The Balaban J connectivity index is 1.50. The van der Waals surface area contributed by atoms with E-state index in [1.54, 1.807) is 6.07 Å². The Hall–Kier alpha value is -1.56. The lowest BCUT2D eigenvalue weighted by Gasteiger charge is -2.35. The summed E-state index contributed by atoms with van der Waals surface area (Å²) in [5.41, 5.74) is 4.39. The number of amides is 1. The van der Waals surface area contributed by atoms with Crippen LogP contribution >= 0.6 is 23.2 Å². The van der Waals surface area contributed by atoms with Gasteiger partial charge >= 0.3 is 0 Å². The molecular formula is C20H26Cl2N4O. The summed E-state index contributed by atoms with van der Waals surface area (Å²) in [6, 6.07) is 5.73. The summed E-state index contributed by atoms with van der Waals surface area (Å²) in [6.07, 6.45) is 1.29. The molecule has 3 rings (SSSR count). The van der Waals surface area contributed by atoms with Crippen LogP contribution in [0.4, 0.5) is 0 Å². The lowest BCUT2D eigenvalue weighted by Crippen LogP contribution is -2.48. The van der Waals surface area contributed by atoms with Crippen LogP contribution in [0.2, 0.25) is 10.0 Å². The first-order chi connectivity index (χ1) is 12.9. The van der Waals surface area contributed by atoms with Gasteiger partial charge in [0, 0.05) is 51.9 Å². The highest BCUT2D eigenvalue weighted by molar-refractivity contribution is 6.42. The standard InChI is InChI=1S/C20H26Cl2N4O/c1-14-17(15(2)24(3)23-14)7-8-19(27)26-11-9-25(10-12-26)13-16-5-4-6-18(21)20(16)22/h4-6H,7-13H2,1-3H3. The van der Waals surface area contributed by atoms with E-state index in [4.69, 9.17) is 23.2 Å². The van der Waals surface area contributed by atoms with Gasteiger partial charge in [-0.25, -0.2) is 0 Å². The number of benzene rings is 1. The minimum atomic E-state index is 0.220. The molecule has 0 spiro atoms. The summed E-state index contributed by atoms with van der Waals surface area (Å²) in [5, 5.41) is 5.64. The van der Waals surface area contributed by atoms with Crippen LogP contribution in [0, 0.1) is 13.8 Å². The van der Waals surface area contributed by atoms with E-state index in [0.29, 0.717) is 16.5 Å². The molecule has 1 aliphatic heterocycles. The van der Waals surface area contributed by atoms with Crippen LogP contribution < -0.4 is 0 Å². The van der Waals surface area contributed by atoms with E-state index in [1.807, 2.05) is 35.7 Å². The average Bonchev–Trinajstić information content (AvgIpc) is 2.89. The molecule has 1 fully saturated rings. The first-order valence-corrected chi connectivity index (χ1v) is 10.0. The number of hydrogen-bond donors (Lipinski definition) is 0. The molecule has 5 nitrogen and oxygen atoms in total. The molecule has 2 heterocycles. The van der Waals surface area contributed by atoms with Crippen molar-refractivity contribution < 1.29 is 4.79 Å². The van der Waals surface area contributed by atoms with Crippen molar-refractivity contribution in [3.8, 4) is 0 Å².